The lowest BCUT2D eigenvalue weighted by atomic mass is 9.98. The molecule has 1 N–H and O–H groups in total. The quantitative estimate of drug-likeness (QED) is 0.854. The van der Waals surface area contributed by atoms with Crippen LogP contribution in [-0.4, -0.2) is 22.3 Å². The third-order valence-corrected chi connectivity index (χ3v) is 5.81. The second-order valence-corrected chi connectivity index (χ2v) is 8.84. The van der Waals surface area contributed by atoms with Gasteiger partial charge in [-0.15, -0.1) is 11.3 Å². The highest BCUT2D eigenvalue weighted by Gasteiger charge is 2.20. The monoisotopic (exact) mass is 357 g/mol. The zero-order chi connectivity index (χ0) is 17.9. The fraction of sp³-hybridized carbons (Fsp3) is 0.500. The first-order valence-electron chi connectivity index (χ1n) is 8.93. The Morgan fingerprint density at radius 1 is 1.16 bits per heavy atom. The summed E-state index contributed by atoms with van der Waals surface area (Å²) in [6, 6.07) is 8.56. The predicted octanol–water partition coefficient (Wildman–Crippen LogP) is 3.85. The first-order chi connectivity index (χ1) is 11.9. The van der Waals surface area contributed by atoms with E-state index >= 15 is 0 Å². The van der Waals surface area contributed by atoms with Crippen LogP contribution in [0.3, 0.4) is 0 Å². The van der Waals surface area contributed by atoms with E-state index in [2.05, 4.69) is 55.3 Å². The number of aromatic nitrogens is 1. The highest BCUT2D eigenvalue weighted by atomic mass is 32.1. The second-order valence-electron chi connectivity index (χ2n) is 7.72. The molecule has 0 unspecified atom stereocenters. The van der Waals surface area contributed by atoms with E-state index in [0.29, 0.717) is 6.42 Å². The molecule has 0 bridgehead atoms. The number of carbonyl (C=O) groups is 1. The molecule has 4 nitrogen and oxygen atoms in total. The van der Waals surface area contributed by atoms with E-state index in [-0.39, 0.29) is 11.3 Å². The highest BCUT2D eigenvalue weighted by molar-refractivity contribution is 7.11. The van der Waals surface area contributed by atoms with E-state index in [9.17, 15) is 4.79 Å². The molecule has 2 heterocycles. The molecule has 1 aliphatic rings. The summed E-state index contributed by atoms with van der Waals surface area (Å²) in [4.78, 5) is 19.4. The number of likely N-dealkylation sites (tertiary alicyclic amines) is 1. The zero-order valence-electron chi connectivity index (χ0n) is 15.3. The van der Waals surface area contributed by atoms with Crippen LogP contribution < -0.4 is 5.32 Å². The number of amides is 1. The molecule has 1 aromatic carbocycles. The second kappa shape index (κ2) is 7.67. The lowest BCUT2D eigenvalue weighted by Gasteiger charge is -2.15. The third kappa shape index (κ3) is 4.89. The minimum Gasteiger partial charge on any atom is -0.338 e. The van der Waals surface area contributed by atoms with Gasteiger partial charge in [0.15, 0.2) is 0 Å². The van der Waals surface area contributed by atoms with Crippen LogP contribution in [0.25, 0.3) is 0 Å². The number of thiazole rings is 1. The maximum Gasteiger partial charge on any atom is 0.222 e. The Morgan fingerprint density at radius 3 is 2.48 bits per heavy atom. The molecule has 1 aromatic heterocycles. The number of nitrogens with one attached hydrogen (secondary N) is 1. The van der Waals surface area contributed by atoms with Crippen molar-refractivity contribution in [2.75, 3.05) is 6.54 Å². The number of nitrogens with zero attached hydrogens (tertiary/aromatic N) is 2. The van der Waals surface area contributed by atoms with E-state index in [1.54, 1.807) is 11.3 Å². The van der Waals surface area contributed by atoms with Crippen LogP contribution >= 0.6 is 11.3 Å². The number of rotatable bonds is 6. The molecule has 0 aliphatic carbocycles. The van der Waals surface area contributed by atoms with Crippen molar-refractivity contribution in [2.45, 2.75) is 58.7 Å². The van der Waals surface area contributed by atoms with Gasteiger partial charge in [-0.05, 0) is 17.5 Å². The average molecular weight is 358 g/mol. The van der Waals surface area contributed by atoms with Gasteiger partial charge in [-0.25, -0.2) is 4.98 Å². The summed E-state index contributed by atoms with van der Waals surface area (Å²) in [5.74, 6) is 0.282. The van der Waals surface area contributed by atoms with Gasteiger partial charge in [0, 0.05) is 49.1 Å². The summed E-state index contributed by atoms with van der Waals surface area (Å²) in [5, 5.41) is 4.67. The number of hydrogen-bond acceptors (Lipinski definition) is 4. The molecule has 1 amide bonds. The van der Waals surface area contributed by atoms with Crippen LogP contribution in [0.1, 0.15) is 54.6 Å². The van der Waals surface area contributed by atoms with Gasteiger partial charge in [0.05, 0.1) is 5.01 Å². The van der Waals surface area contributed by atoms with Crippen molar-refractivity contribution < 1.29 is 4.79 Å². The highest BCUT2D eigenvalue weighted by Crippen LogP contribution is 2.26. The number of hydrogen-bond donors (Lipinski definition) is 1. The first kappa shape index (κ1) is 18.1. The lowest BCUT2D eigenvalue weighted by Crippen LogP contribution is -2.23. The van der Waals surface area contributed by atoms with Gasteiger partial charge >= 0.3 is 0 Å². The zero-order valence-corrected chi connectivity index (χ0v) is 16.2. The molecule has 5 heteroatoms. The Morgan fingerprint density at radius 2 is 1.88 bits per heavy atom. The van der Waals surface area contributed by atoms with Crippen LogP contribution in [0.4, 0.5) is 0 Å². The Labute approximate surface area is 154 Å². The average Bonchev–Trinajstić information content (AvgIpc) is 3.19. The van der Waals surface area contributed by atoms with Crippen molar-refractivity contribution in [3.8, 4) is 0 Å². The topological polar surface area (TPSA) is 45.2 Å². The number of benzene rings is 1. The van der Waals surface area contributed by atoms with Gasteiger partial charge in [0.1, 0.15) is 0 Å². The molecule has 1 saturated heterocycles. The van der Waals surface area contributed by atoms with Crippen LogP contribution in [0.2, 0.25) is 0 Å². The molecule has 0 saturated carbocycles. The summed E-state index contributed by atoms with van der Waals surface area (Å²) >= 11 is 1.78. The molecule has 1 fully saturated rings. The minimum atomic E-state index is 0.121. The first-order valence-corrected chi connectivity index (χ1v) is 9.75. The summed E-state index contributed by atoms with van der Waals surface area (Å²) in [5.41, 5.74) is 2.59. The molecule has 2 aromatic rings. The Hall–Kier alpha value is -1.72. The smallest absolute Gasteiger partial charge is 0.222 e. The van der Waals surface area contributed by atoms with Crippen molar-refractivity contribution in [2.24, 2.45) is 0 Å². The van der Waals surface area contributed by atoms with Crippen molar-refractivity contribution >= 4 is 17.2 Å². The minimum absolute atomic E-state index is 0.121. The van der Waals surface area contributed by atoms with Gasteiger partial charge in [0.2, 0.25) is 5.91 Å². The maximum absolute atomic E-state index is 11.7. The van der Waals surface area contributed by atoms with Crippen molar-refractivity contribution in [3.63, 3.8) is 0 Å². The molecule has 25 heavy (non-hydrogen) atoms. The molecular weight excluding hydrogens is 330 g/mol. The van der Waals surface area contributed by atoms with Gasteiger partial charge in [0.25, 0.3) is 0 Å². The maximum atomic E-state index is 11.7. The van der Waals surface area contributed by atoms with E-state index in [0.717, 1.165) is 32.6 Å². The normalized spacial score (nSPS) is 15.2. The van der Waals surface area contributed by atoms with E-state index < -0.39 is 0 Å². The third-order valence-electron chi connectivity index (χ3n) is 4.39. The molecular formula is C20H27N3OS. The molecule has 1 aliphatic heterocycles. The van der Waals surface area contributed by atoms with Crippen LogP contribution in [-0.2, 0) is 29.8 Å². The SMILES string of the molecule is CC(C)(C)c1ncc(CNCc2ccc(CN3CCCC3=O)cc2)s1. The lowest BCUT2D eigenvalue weighted by molar-refractivity contribution is -0.128. The fourth-order valence-corrected chi connectivity index (χ4v) is 3.86. The Bertz CT molecular complexity index is 715. The van der Waals surface area contributed by atoms with Crippen LogP contribution in [0.15, 0.2) is 30.5 Å². The van der Waals surface area contributed by atoms with Gasteiger partial charge in [-0.2, -0.15) is 0 Å². The van der Waals surface area contributed by atoms with E-state index in [1.807, 2.05) is 11.1 Å². The Balaban J connectivity index is 1.47. The van der Waals surface area contributed by atoms with Crippen LogP contribution in [0, 0.1) is 0 Å². The van der Waals surface area contributed by atoms with Crippen LogP contribution in [0.5, 0.6) is 0 Å². The summed E-state index contributed by atoms with van der Waals surface area (Å²) in [6.07, 6.45) is 3.68. The van der Waals surface area contributed by atoms with Crippen molar-refractivity contribution in [3.05, 3.63) is 51.5 Å². The van der Waals surface area contributed by atoms with Gasteiger partial charge < -0.3 is 10.2 Å². The predicted molar refractivity (Wildman–Crippen MR) is 102 cm³/mol. The van der Waals surface area contributed by atoms with E-state index in [4.69, 9.17) is 0 Å². The van der Waals surface area contributed by atoms with Gasteiger partial charge in [-0.1, -0.05) is 45.0 Å². The summed E-state index contributed by atoms with van der Waals surface area (Å²) < 4.78 is 0. The van der Waals surface area contributed by atoms with E-state index in [1.165, 1.54) is 21.0 Å². The molecule has 134 valence electrons. The van der Waals surface area contributed by atoms with Crippen molar-refractivity contribution in [1.82, 2.24) is 15.2 Å². The molecule has 0 spiro atoms. The number of carbonyl (C=O) groups excluding carboxylic acids is 1. The summed E-state index contributed by atoms with van der Waals surface area (Å²) in [7, 11) is 0. The molecule has 3 rings (SSSR count). The standard InChI is InChI=1S/C20H27N3OS/c1-20(2,3)19-22-13-17(25-19)12-21-11-15-6-8-16(9-7-15)14-23-10-4-5-18(23)24/h6-9,13,21H,4-5,10-12,14H2,1-3H3. The Kier molecular flexibility index (Phi) is 5.54. The van der Waals surface area contributed by atoms with Crippen molar-refractivity contribution in [1.29, 1.82) is 0 Å². The fourth-order valence-electron chi connectivity index (χ4n) is 2.92. The van der Waals surface area contributed by atoms with Gasteiger partial charge in [-0.3, -0.25) is 4.79 Å². The molecule has 0 atom stereocenters. The summed E-state index contributed by atoms with van der Waals surface area (Å²) in [6.45, 7) is 9.90. The largest absolute Gasteiger partial charge is 0.338 e. The molecule has 0 radical (unpaired) electrons.